The summed E-state index contributed by atoms with van der Waals surface area (Å²) in [5, 5.41) is 13.7. The Kier molecular flexibility index (Phi) is 5.11. The summed E-state index contributed by atoms with van der Waals surface area (Å²) >= 11 is 0. The zero-order chi connectivity index (χ0) is 20.3. The number of rotatable bonds is 5. The van der Waals surface area contributed by atoms with Crippen molar-refractivity contribution in [2.24, 2.45) is 5.92 Å². The average Bonchev–Trinajstić information content (AvgIpc) is 3.44. The van der Waals surface area contributed by atoms with Gasteiger partial charge < -0.3 is 10.7 Å². The fourth-order valence-electron chi connectivity index (χ4n) is 4.39. The summed E-state index contributed by atoms with van der Waals surface area (Å²) in [4.78, 5) is 12.5. The Morgan fingerprint density at radius 1 is 1.13 bits per heavy atom. The van der Waals surface area contributed by atoms with Crippen molar-refractivity contribution >= 4 is 28.2 Å². The molecule has 7 heteroatoms. The van der Waals surface area contributed by atoms with Crippen molar-refractivity contribution in [3.8, 4) is 11.3 Å². The van der Waals surface area contributed by atoms with Crippen molar-refractivity contribution in [2.75, 3.05) is 10.3 Å². The maximum Gasteiger partial charge on any atom is 0.224 e. The molecule has 5 rings (SSSR count). The van der Waals surface area contributed by atoms with Gasteiger partial charge in [0.1, 0.15) is 5.69 Å². The lowest BCUT2D eigenvalue weighted by Crippen LogP contribution is -2.35. The number of carbonyl (C=O) groups is 1. The third-order valence-corrected chi connectivity index (χ3v) is 5.94. The van der Waals surface area contributed by atoms with E-state index in [1.807, 2.05) is 53.8 Å². The van der Waals surface area contributed by atoms with Gasteiger partial charge in [-0.15, -0.1) is 5.53 Å². The Morgan fingerprint density at radius 2 is 2.03 bits per heavy atom. The molecule has 1 aliphatic carbocycles. The molecule has 30 heavy (non-hydrogen) atoms. The van der Waals surface area contributed by atoms with Gasteiger partial charge in [0.15, 0.2) is 0 Å². The van der Waals surface area contributed by atoms with Gasteiger partial charge in [0, 0.05) is 35.5 Å². The number of amides is 1. The Hall–Kier alpha value is -3.32. The van der Waals surface area contributed by atoms with Gasteiger partial charge in [-0.05, 0) is 49.1 Å². The lowest BCUT2D eigenvalue weighted by molar-refractivity contribution is -0.117. The topological polar surface area (TPSA) is 85.1 Å². The van der Waals surface area contributed by atoms with Gasteiger partial charge >= 0.3 is 0 Å². The van der Waals surface area contributed by atoms with Crippen LogP contribution in [0.3, 0.4) is 0 Å². The summed E-state index contributed by atoms with van der Waals surface area (Å²) in [7, 11) is 0. The van der Waals surface area contributed by atoms with Crippen LogP contribution in [0.5, 0.6) is 0 Å². The fraction of sp³-hybridized carbons (Fsp3) is 0.304. The predicted octanol–water partition coefficient (Wildman–Crippen LogP) is 4.44. The molecular weight excluding hydrogens is 376 g/mol. The third-order valence-electron chi connectivity index (χ3n) is 5.94. The molecule has 3 aromatic rings. The molecule has 0 spiro atoms. The summed E-state index contributed by atoms with van der Waals surface area (Å²) in [5.74, 6) is 0.631. The van der Waals surface area contributed by atoms with Crippen LogP contribution in [0.1, 0.15) is 38.5 Å². The molecular formula is C23H26N6O. The minimum Gasteiger partial charge on any atom is -0.326 e. The number of aromatic amines is 1. The molecule has 2 aromatic carbocycles. The fourth-order valence-corrected chi connectivity index (χ4v) is 4.39. The van der Waals surface area contributed by atoms with Gasteiger partial charge in [-0.3, -0.25) is 14.9 Å². The van der Waals surface area contributed by atoms with Crippen LogP contribution < -0.4 is 21.3 Å². The molecule has 7 nitrogen and oxygen atoms in total. The van der Waals surface area contributed by atoms with E-state index in [-0.39, 0.29) is 5.91 Å². The molecule has 0 atom stereocenters. The SMILES string of the molecule is O=C(CC1CCCCC1)Nc1cccc(-c2n[nH]c3ccc(N4C=CNN4)cc23)c1. The molecule has 4 N–H and O–H groups in total. The van der Waals surface area contributed by atoms with Crippen LogP contribution in [-0.4, -0.2) is 16.1 Å². The van der Waals surface area contributed by atoms with Gasteiger partial charge in [0.25, 0.3) is 0 Å². The van der Waals surface area contributed by atoms with E-state index in [4.69, 9.17) is 0 Å². The van der Waals surface area contributed by atoms with Gasteiger partial charge in [-0.1, -0.05) is 31.4 Å². The van der Waals surface area contributed by atoms with Gasteiger partial charge in [0.05, 0.1) is 11.2 Å². The van der Waals surface area contributed by atoms with Crippen molar-refractivity contribution in [3.63, 3.8) is 0 Å². The number of aromatic nitrogens is 2. The number of fused-ring (bicyclic) bond motifs is 1. The van der Waals surface area contributed by atoms with Crippen LogP contribution in [0.4, 0.5) is 11.4 Å². The van der Waals surface area contributed by atoms with E-state index in [2.05, 4.69) is 32.5 Å². The Morgan fingerprint density at radius 3 is 2.87 bits per heavy atom. The number of nitrogens with zero attached hydrogens (tertiary/aromatic N) is 2. The lowest BCUT2D eigenvalue weighted by Gasteiger charge is -2.20. The van der Waals surface area contributed by atoms with Crippen LogP contribution in [0.15, 0.2) is 54.9 Å². The molecule has 1 aliphatic heterocycles. The van der Waals surface area contributed by atoms with Crippen LogP contribution in [0.2, 0.25) is 0 Å². The highest BCUT2D eigenvalue weighted by atomic mass is 16.1. The van der Waals surface area contributed by atoms with E-state index < -0.39 is 0 Å². The van der Waals surface area contributed by atoms with E-state index in [0.29, 0.717) is 12.3 Å². The number of hydrogen-bond acceptors (Lipinski definition) is 5. The van der Waals surface area contributed by atoms with Crippen LogP contribution >= 0.6 is 0 Å². The molecule has 0 unspecified atom stereocenters. The number of anilines is 2. The maximum absolute atomic E-state index is 12.5. The Labute approximate surface area is 175 Å². The summed E-state index contributed by atoms with van der Waals surface area (Å²) < 4.78 is 0. The first-order valence-corrected chi connectivity index (χ1v) is 10.6. The summed E-state index contributed by atoms with van der Waals surface area (Å²) in [5.41, 5.74) is 10.6. The van der Waals surface area contributed by atoms with Crippen LogP contribution in [0.25, 0.3) is 22.2 Å². The number of nitrogens with one attached hydrogen (secondary N) is 4. The Balaban J connectivity index is 1.36. The lowest BCUT2D eigenvalue weighted by atomic mass is 9.87. The summed E-state index contributed by atoms with van der Waals surface area (Å²) in [6.07, 6.45) is 10.5. The molecule has 1 fully saturated rings. The van der Waals surface area contributed by atoms with Crippen molar-refractivity contribution < 1.29 is 4.79 Å². The average molecular weight is 403 g/mol. The van der Waals surface area contributed by atoms with E-state index in [9.17, 15) is 4.79 Å². The highest BCUT2D eigenvalue weighted by Gasteiger charge is 2.18. The second-order valence-electron chi connectivity index (χ2n) is 8.08. The van der Waals surface area contributed by atoms with E-state index in [1.54, 1.807) is 0 Å². The molecule has 0 bridgehead atoms. The van der Waals surface area contributed by atoms with E-state index >= 15 is 0 Å². The monoisotopic (exact) mass is 402 g/mol. The number of carbonyl (C=O) groups excluding carboxylic acids is 1. The van der Waals surface area contributed by atoms with Gasteiger partial charge in [0.2, 0.25) is 5.91 Å². The molecule has 0 radical (unpaired) electrons. The summed E-state index contributed by atoms with van der Waals surface area (Å²) in [6.45, 7) is 0. The van der Waals surface area contributed by atoms with Crippen molar-refractivity contribution in [1.29, 1.82) is 0 Å². The smallest absolute Gasteiger partial charge is 0.224 e. The van der Waals surface area contributed by atoms with Crippen molar-refractivity contribution in [2.45, 2.75) is 38.5 Å². The Bertz CT molecular complexity index is 1080. The molecule has 0 saturated heterocycles. The summed E-state index contributed by atoms with van der Waals surface area (Å²) in [6, 6.07) is 14.1. The molecule has 1 aromatic heterocycles. The van der Waals surface area contributed by atoms with Gasteiger partial charge in [-0.2, -0.15) is 5.10 Å². The second-order valence-corrected chi connectivity index (χ2v) is 8.08. The molecule has 2 heterocycles. The minimum absolute atomic E-state index is 0.104. The molecule has 1 amide bonds. The normalized spacial score (nSPS) is 16.7. The zero-order valence-corrected chi connectivity index (χ0v) is 16.8. The largest absolute Gasteiger partial charge is 0.326 e. The third kappa shape index (κ3) is 3.89. The van der Waals surface area contributed by atoms with Gasteiger partial charge in [-0.25, -0.2) is 0 Å². The van der Waals surface area contributed by atoms with Crippen LogP contribution in [-0.2, 0) is 4.79 Å². The zero-order valence-electron chi connectivity index (χ0n) is 16.8. The highest BCUT2D eigenvalue weighted by molar-refractivity contribution is 5.96. The molecule has 2 aliphatic rings. The second kappa shape index (κ2) is 8.20. The number of H-pyrrole nitrogens is 1. The number of hydrazine groups is 2. The number of benzene rings is 2. The maximum atomic E-state index is 12.5. The minimum atomic E-state index is 0.104. The van der Waals surface area contributed by atoms with E-state index in [1.165, 1.54) is 32.1 Å². The van der Waals surface area contributed by atoms with Crippen LogP contribution in [0, 0.1) is 5.92 Å². The predicted molar refractivity (Wildman–Crippen MR) is 119 cm³/mol. The van der Waals surface area contributed by atoms with E-state index in [0.717, 1.165) is 33.5 Å². The first kappa shape index (κ1) is 18.7. The molecule has 1 saturated carbocycles. The van der Waals surface area contributed by atoms with Crippen molar-refractivity contribution in [1.82, 2.24) is 21.2 Å². The number of hydrogen-bond donors (Lipinski definition) is 4. The molecule has 154 valence electrons. The van der Waals surface area contributed by atoms with Crippen molar-refractivity contribution in [3.05, 3.63) is 54.9 Å². The first-order chi connectivity index (χ1) is 14.8. The quantitative estimate of drug-likeness (QED) is 0.507. The first-order valence-electron chi connectivity index (χ1n) is 10.6. The highest BCUT2D eigenvalue weighted by Crippen LogP contribution is 2.31. The standard InChI is InChI=1S/C23H26N6O/c30-22(13-16-5-2-1-3-6-16)25-18-8-4-7-17(14-18)23-20-15-19(29-12-11-24-28-29)9-10-21(20)26-27-23/h4,7-12,14-16,24,28H,1-3,5-6,13H2,(H,25,30)(H,26,27).